The van der Waals surface area contributed by atoms with Crippen molar-refractivity contribution in [3.05, 3.63) is 48.5 Å². The number of nitrogens with one attached hydrogen (secondary N) is 2. The predicted octanol–water partition coefficient (Wildman–Crippen LogP) is 3.09. The first kappa shape index (κ1) is 23.2. The molecule has 8 heteroatoms. The normalized spacial score (nSPS) is 10.3. The van der Waals surface area contributed by atoms with Gasteiger partial charge in [0.15, 0.2) is 0 Å². The summed E-state index contributed by atoms with van der Waals surface area (Å²) in [5, 5.41) is 5.40. The zero-order valence-electron chi connectivity index (χ0n) is 17.3. The van der Waals surface area contributed by atoms with Crippen molar-refractivity contribution in [2.45, 2.75) is 13.8 Å². The molecule has 0 aliphatic heterocycles. The van der Waals surface area contributed by atoms with Gasteiger partial charge in [-0.25, -0.2) is 0 Å². The Morgan fingerprint density at radius 1 is 0.600 bits per heavy atom. The van der Waals surface area contributed by atoms with Crippen LogP contribution in [0.25, 0.3) is 0 Å². The summed E-state index contributed by atoms with van der Waals surface area (Å²) >= 11 is 0. The zero-order valence-corrected chi connectivity index (χ0v) is 17.3. The molecule has 0 atom stereocenters. The van der Waals surface area contributed by atoms with E-state index >= 15 is 0 Å². The van der Waals surface area contributed by atoms with Gasteiger partial charge in [0.05, 0.1) is 26.4 Å². The number of carbonyl (C=O) groups is 2. The Balaban J connectivity index is 1.44. The van der Waals surface area contributed by atoms with Crippen LogP contribution < -0.4 is 20.1 Å². The molecule has 0 bridgehead atoms. The highest BCUT2D eigenvalue weighted by atomic mass is 16.6. The third kappa shape index (κ3) is 9.90. The standard InChI is InChI=1S/C22H28N2O6/c1-17(25)23-19-3-7-21(8-4-19)29-15-13-27-11-12-28-14-16-30-22-9-5-20(6-10-22)24-18(2)26/h3-10H,11-16H2,1-2H3,(H,23,25)(H,24,26). The topological polar surface area (TPSA) is 95.1 Å². The minimum Gasteiger partial charge on any atom is -0.491 e. The first-order valence-corrected chi connectivity index (χ1v) is 9.69. The van der Waals surface area contributed by atoms with Gasteiger partial charge in [-0.05, 0) is 48.5 Å². The molecule has 0 spiro atoms. The molecule has 2 aromatic carbocycles. The fourth-order valence-electron chi connectivity index (χ4n) is 2.43. The van der Waals surface area contributed by atoms with Gasteiger partial charge in [0.1, 0.15) is 24.7 Å². The van der Waals surface area contributed by atoms with E-state index in [-0.39, 0.29) is 11.8 Å². The van der Waals surface area contributed by atoms with Crippen LogP contribution >= 0.6 is 0 Å². The van der Waals surface area contributed by atoms with E-state index in [4.69, 9.17) is 18.9 Å². The predicted molar refractivity (Wildman–Crippen MR) is 114 cm³/mol. The summed E-state index contributed by atoms with van der Waals surface area (Å²) in [6.45, 7) is 5.63. The molecule has 30 heavy (non-hydrogen) atoms. The molecule has 8 nitrogen and oxygen atoms in total. The summed E-state index contributed by atoms with van der Waals surface area (Å²) in [7, 11) is 0. The number of rotatable bonds is 13. The molecule has 2 amide bonds. The monoisotopic (exact) mass is 416 g/mol. The van der Waals surface area contributed by atoms with Gasteiger partial charge in [-0.3, -0.25) is 9.59 Å². The van der Waals surface area contributed by atoms with Crippen molar-refractivity contribution in [3.63, 3.8) is 0 Å². The van der Waals surface area contributed by atoms with Crippen molar-refractivity contribution < 1.29 is 28.5 Å². The Morgan fingerprint density at radius 2 is 0.933 bits per heavy atom. The average molecular weight is 416 g/mol. The van der Waals surface area contributed by atoms with Crippen LogP contribution in [0.4, 0.5) is 11.4 Å². The lowest BCUT2D eigenvalue weighted by molar-refractivity contribution is -0.115. The summed E-state index contributed by atoms with van der Waals surface area (Å²) in [5.41, 5.74) is 1.46. The summed E-state index contributed by atoms with van der Waals surface area (Å²) in [5.74, 6) is 1.21. The summed E-state index contributed by atoms with van der Waals surface area (Å²) in [6, 6.07) is 14.3. The van der Waals surface area contributed by atoms with Crippen molar-refractivity contribution in [2.24, 2.45) is 0 Å². The van der Waals surface area contributed by atoms with Gasteiger partial charge in [-0.15, -0.1) is 0 Å². The quantitative estimate of drug-likeness (QED) is 0.487. The first-order chi connectivity index (χ1) is 14.5. The third-order valence-electron chi connectivity index (χ3n) is 3.71. The zero-order chi connectivity index (χ0) is 21.6. The van der Waals surface area contributed by atoms with Gasteiger partial charge in [-0.2, -0.15) is 0 Å². The molecule has 0 saturated heterocycles. The molecule has 162 valence electrons. The lowest BCUT2D eigenvalue weighted by Gasteiger charge is -2.09. The molecule has 2 aromatic rings. The second-order valence-electron chi connectivity index (χ2n) is 6.33. The van der Waals surface area contributed by atoms with Crippen LogP contribution in [0.5, 0.6) is 11.5 Å². The van der Waals surface area contributed by atoms with E-state index < -0.39 is 0 Å². The largest absolute Gasteiger partial charge is 0.491 e. The molecule has 0 unspecified atom stereocenters. The molecule has 0 heterocycles. The van der Waals surface area contributed by atoms with Gasteiger partial charge < -0.3 is 29.6 Å². The summed E-state index contributed by atoms with van der Waals surface area (Å²) < 4.78 is 22.1. The van der Waals surface area contributed by atoms with E-state index in [1.54, 1.807) is 48.5 Å². The highest BCUT2D eigenvalue weighted by molar-refractivity contribution is 5.89. The fraction of sp³-hybridized carbons (Fsp3) is 0.364. The molecule has 2 N–H and O–H groups in total. The van der Waals surface area contributed by atoms with Crippen molar-refractivity contribution in [2.75, 3.05) is 50.3 Å². The molecular formula is C22H28N2O6. The van der Waals surface area contributed by atoms with E-state index in [9.17, 15) is 9.59 Å². The molecule has 0 aromatic heterocycles. The van der Waals surface area contributed by atoms with Gasteiger partial charge >= 0.3 is 0 Å². The maximum Gasteiger partial charge on any atom is 0.221 e. The fourth-order valence-corrected chi connectivity index (χ4v) is 2.43. The van der Waals surface area contributed by atoms with Crippen molar-refractivity contribution >= 4 is 23.2 Å². The molecular weight excluding hydrogens is 388 g/mol. The van der Waals surface area contributed by atoms with Crippen LogP contribution in [0.2, 0.25) is 0 Å². The van der Waals surface area contributed by atoms with E-state index in [1.807, 2.05) is 0 Å². The van der Waals surface area contributed by atoms with Crippen LogP contribution in [0.1, 0.15) is 13.8 Å². The van der Waals surface area contributed by atoms with Gasteiger partial charge in [0, 0.05) is 25.2 Å². The van der Waals surface area contributed by atoms with Gasteiger partial charge in [-0.1, -0.05) is 0 Å². The highest BCUT2D eigenvalue weighted by Gasteiger charge is 1.99. The Labute approximate surface area is 176 Å². The second kappa shape index (κ2) is 13.2. The molecule has 0 saturated carbocycles. The summed E-state index contributed by atoms with van der Waals surface area (Å²) in [6.07, 6.45) is 0. The smallest absolute Gasteiger partial charge is 0.221 e. The van der Waals surface area contributed by atoms with Crippen molar-refractivity contribution in [3.8, 4) is 11.5 Å². The van der Waals surface area contributed by atoms with E-state index in [2.05, 4.69) is 10.6 Å². The number of carbonyl (C=O) groups excluding carboxylic acids is 2. The summed E-state index contributed by atoms with van der Waals surface area (Å²) in [4.78, 5) is 21.9. The van der Waals surface area contributed by atoms with E-state index in [1.165, 1.54) is 13.8 Å². The number of anilines is 2. The Kier molecular flexibility index (Phi) is 10.2. The molecule has 0 aliphatic rings. The number of benzene rings is 2. The first-order valence-electron chi connectivity index (χ1n) is 9.69. The third-order valence-corrected chi connectivity index (χ3v) is 3.71. The van der Waals surface area contributed by atoms with E-state index in [0.29, 0.717) is 51.1 Å². The highest BCUT2D eigenvalue weighted by Crippen LogP contribution is 2.16. The Bertz CT molecular complexity index is 710. The van der Waals surface area contributed by atoms with Crippen molar-refractivity contribution in [1.29, 1.82) is 0 Å². The maximum atomic E-state index is 11.0. The van der Waals surface area contributed by atoms with E-state index in [0.717, 1.165) is 11.4 Å². The SMILES string of the molecule is CC(=O)Nc1ccc(OCCOCCOCCOc2ccc(NC(C)=O)cc2)cc1. The molecule has 0 aliphatic carbocycles. The second-order valence-corrected chi connectivity index (χ2v) is 6.33. The van der Waals surface area contributed by atoms with Gasteiger partial charge in [0.2, 0.25) is 11.8 Å². The Hall–Kier alpha value is -3.10. The van der Waals surface area contributed by atoms with Crippen LogP contribution in [0.3, 0.4) is 0 Å². The number of ether oxygens (including phenoxy) is 4. The van der Waals surface area contributed by atoms with Crippen LogP contribution in [-0.2, 0) is 19.1 Å². The number of hydrogen-bond acceptors (Lipinski definition) is 6. The minimum absolute atomic E-state index is 0.108. The molecule has 0 fully saturated rings. The number of hydrogen-bond donors (Lipinski definition) is 2. The lowest BCUT2D eigenvalue weighted by Crippen LogP contribution is -2.13. The van der Waals surface area contributed by atoms with Gasteiger partial charge in [0.25, 0.3) is 0 Å². The minimum atomic E-state index is -0.108. The van der Waals surface area contributed by atoms with Crippen LogP contribution in [0.15, 0.2) is 48.5 Å². The molecule has 0 radical (unpaired) electrons. The van der Waals surface area contributed by atoms with Crippen LogP contribution in [-0.4, -0.2) is 51.5 Å². The van der Waals surface area contributed by atoms with Crippen molar-refractivity contribution in [1.82, 2.24) is 0 Å². The average Bonchev–Trinajstić information content (AvgIpc) is 2.71. The van der Waals surface area contributed by atoms with Crippen LogP contribution in [0, 0.1) is 0 Å². The molecule has 2 rings (SSSR count). The lowest BCUT2D eigenvalue weighted by atomic mass is 10.3. The maximum absolute atomic E-state index is 11.0. The Morgan fingerprint density at radius 3 is 1.27 bits per heavy atom. The number of amides is 2.